The number of carbonyl (C=O) groups excluding carboxylic acids is 1. The second-order valence-corrected chi connectivity index (χ2v) is 7.16. The average Bonchev–Trinajstić information content (AvgIpc) is 2.41. The van der Waals surface area contributed by atoms with Gasteiger partial charge >= 0.3 is 0 Å². The summed E-state index contributed by atoms with van der Waals surface area (Å²) in [6.45, 7) is 3.65. The summed E-state index contributed by atoms with van der Waals surface area (Å²) in [4.78, 5) is 12.0. The third-order valence-corrected chi connectivity index (χ3v) is 5.64. The number of rotatable bonds is 3. The van der Waals surface area contributed by atoms with Crippen LogP contribution in [-0.4, -0.2) is 44.4 Å². The number of nitrogens with zero attached hydrogens (tertiary/aromatic N) is 1. The molecule has 1 aliphatic rings. The molecule has 0 aromatic heterocycles. The fraction of sp³-hybridized carbons (Fsp3) is 0.462. The Morgan fingerprint density at radius 2 is 2.05 bits per heavy atom. The molecule has 1 saturated heterocycles. The topological polar surface area (TPSA) is 102 Å². The summed E-state index contributed by atoms with van der Waals surface area (Å²) < 4.78 is 31.7. The Morgan fingerprint density at radius 1 is 1.38 bits per heavy atom. The third kappa shape index (κ3) is 2.56. The average molecular weight is 313 g/mol. The zero-order chi connectivity index (χ0) is 15.8. The van der Waals surface area contributed by atoms with E-state index in [2.05, 4.69) is 5.32 Å². The van der Waals surface area contributed by atoms with E-state index in [4.69, 9.17) is 10.5 Å². The quantitative estimate of drug-likeness (QED) is 0.775. The van der Waals surface area contributed by atoms with Gasteiger partial charge in [0.1, 0.15) is 11.3 Å². The van der Waals surface area contributed by atoms with E-state index in [0.29, 0.717) is 5.75 Å². The lowest BCUT2D eigenvalue weighted by Crippen LogP contribution is -2.63. The summed E-state index contributed by atoms with van der Waals surface area (Å²) in [6, 6.07) is 4.27. The van der Waals surface area contributed by atoms with Crippen LogP contribution >= 0.6 is 0 Å². The van der Waals surface area contributed by atoms with Crippen molar-refractivity contribution in [2.75, 3.05) is 25.9 Å². The van der Waals surface area contributed by atoms with Crippen molar-refractivity contribution in [3.63, 3.8) is 0 Å². The van der Waals surface area contributed by atoms with Gasteiger partial charge in [0.2, 0.25) is 15.9 Å². The number of amides is 1. The first-order valence-electron chi connectivity index (χ1n) is 6.46. The number of nitrogens with two attached hydrogens (primary N) is 1. The van der Waals surface area contributed by atoms with Crippen LogP contribution in [0.4, 0.5) is 5.69 Å². The third-order valence-electron chi connectivity index (χ3n) is 3.57. The second kappa shape index (κ2) is 5.19. The predicted molar refractivity (Wildman–Crippen MR) is 78.4 cm³/mol. The van der Waals surface area contributed by atoms with Gasteiger partial charge < -0.3 is 15.8 Å². The van der Waals surface area contributed by atoms with E-state index < -0.39 is 15.6 Å². The molecule has 21 heavy (non-hydrogen) atoms. The molecule has 116 valence electrons. The van der Waals surface area contributed by atoms with Gasteiger partial charge in [0.25, 0.3) is 0 Å². The van der Waals surface area contributed by atoms with E-state index in [0.717, 1.165) is 0 Å². The zero-order valence-electron chi connectivity index (χ0n) is 12.2. The van der Waals surface area contributed by atoms with Crippen LogP contribution in [0.3, 0.4) is 0 Å². The number of sulfonamides is 1. The maximum atomic E-state index is 12.7. The molecule has 1 amide bonds. The number of carbonyl (C=O) groups is 1. The van der Waals surface area contributed by atoms with Crippen LogP contribution in [0.1, 0.15) is 13.8 Å². The van der Waals surface area contributed by atoms with Crippen molar-refractivity contribution in [2.45, 2.75) is 24.3 Å². The summed E-state index contributed by atoms with van der Waals surface area (Å²) in [7, 11) is -2.36. The van der Waals surface area contributed by atoms with E-state index >= 15 is 0 Å². The van der Waals surface area contributed by atoms with E-state index in [9.17, 15) is 13.2 Å². The van der Waals surface area contributed by atoms with Gasteiger partial charge in [-0.15, -0.1) is 0 Å². The predicted octanol–water partition coefficient (Wildman–Crippen LogP) is 0.177. The van der Waals surface area contributed by atoms with Gasteiger partial charge in [-0.3, -0.25) is 4.79 Å². The van der Waals surface area contributed by atoms with E-state index in [1.165, 1.54) is 29.6 Å². The molecule has 1 aromatic rings. The monoisotopic (exact) mass is 313 g/mol. The minimum Gasteiger partial charge on any atom is -0.495 e. The normalized spacial score (nSPS) is 19.1. The first kappa shape index (κ1) is 15.6. The molecule has 3 N–H and O–H groups in total. The van der Waals surface area contributed by atoms with Crippen molar-refractivity contribution in [2.24, 2.45) is 0 Å². The van der Waals surface area contributed by atoms with Gasteiger partial charge in [0.15, 0.2) is 0 Å². The molecule has 1 aromatic carbocycles. The molecule has 0 spiro atoms. The number of nitrogens with one attached hydrogen (secondary N) is 1. The molecule has 0 atom stereocenters. The van der Waals surface area contributed by atoms with Crippen molar-refractivity contribution in [1.82, 2.24) is 9.62 Å². The van der Waals surface area contributed by atoms with Gasteiger partial charge in [-0.05, 0) is 32.0 Å². The fourth-order valence-corrected chi connectivity index (χ4v) is 4.09. The highest BCUT2D eigenvalue weighted by atomic mass is 32.2. The standard InChI is InChI=1S/C13H19N3O4S/c1-13(2)12(17)15-6-7-16(13)21(18,19)9-4-5-11(20-3)10(14)8-9/h4-5,8H,6-7,14H2,1-3H3,(H,15,17). The molecule has 2 rings (SSSR count). The Balaban J connectivity index is 2.46. The highest BCUT2D eigenvalue weighted by molar-refractivity contribution is 7.89. The molecule has 1 heterocycles. The van der Waals surface area contributed by atoms with Gasteiger partial charge in [-0.1, -0.05) is 0 Å². The van der Waals surface area contributed by atoms with Crippen LogP contribution in [-0.2, 0) is 14.8 Å². The van der Waals surface area contributed by atoms with Crippen LogP contribution in [0, 0.1) is 0 Å². The van der Waals surface area contributed by atoms with Crippen LogP contribution in [0.15, 0.2) is 23.1 Å². The Bertz CT molecular complexity index is 670. The molecule has 1 fully saturated rings. The van der Waals surface area contributed by atoms with Gasteiger partial charge in [-0.2, -0.15) is 4.31 Å². The van der Waals surface area contributed by atoms with Gasteiger partial charge in [0.05, 0.1) is 17.7 Å². The Morgan fingerprint density at radius 3 is 2.62 bits per heavy atom. The lowest BCUT2D eigenvalue weighted by molar-refractivity contribution is -0.131. The molecule has 7 nitrogen and oxygen atoms in total. The second-order valence-electron chi connectivity index (χ2n) is 5.30. The largest absolute Gasteiger partial charge is 0.495 e. The lowest BCUT2D eigenvalue weighted by atomic mass is 10.0. The molecule has 1 aliphatic heterocycles. The highest BCUT2D eigenvalue weighted by Gasteiger charge is 2.44. The molecular formula is C13H19N3O4S. The van der Waals surface area contributed by atoms with Crippen LogP contribution in [0.25, 0.3) is 0 Å². The van der Waals surface area contributed by atoms with Gasteiger partial charge in [0, 0.05) is 13.1 Å². The summed E-state index contributed by atoms with van der Waals surface area (Å²) in [5.41, 5.74) is 4.85. The Hall–Kier alpha value is -1.80. The number of nitrogen functional groups attached to an aromatic ring is 1. The minimum absolute atomic E-state index is 0.0450. The first-order chi connectivity index (χ1) is 9.71. The molecule has 8 heteroatoms. The molecule has 0 saturated carbocycles. The molecule has 0 bridgehead atoms. The number of anilines is 1. The number of benzene rings is 1. The summed E-state index contributed by atoms with van der Waals surface area (Å²) in [6.07, 6.45) is 0. The van der Waals surface area contributed by atoms with Crippen LogP contribution < -0.4 is 15.8 Å². The smallest absolute Gasteiger partial charge is 0.244 e. The van der Waals surface area contributed by atoms with Crippen LogP contribution in [0.2, 0.25) is 0 Å². The maximum absolute atomic E-state index is 12.7. The number of methoxy groups -OCH3 is 1. The Kier molecular flexibility index (Phi) is 3.85. The van der Waals surface area contributed by atoms with Gasteiger partial charge in [-0.25, -0.2) is 8.42 Å². The van der Waals surface area contributed by atoms with Crippen molar-refractivity contribution in [1.29, 1.82) is 0 Å². The maximum Gasteiger partial charge on any atom is 0.244 e. The van der Waals surface area contributed by atoms with E-state index in [1.807, 2.05) is 0 Å². The number of ether oxygens (including phenoxy) is 1. The fourth-order valence-electron chi connectivity index (χ4n) is 2.30. The number of hydrogen-bond acceptors (Lipinski definition) is 5. The minimum atomic E-state index is -3.81. The molecule has 0 radical (unpaired) electrons. The SMILES string of the molecule is COc1ccc(S(=O)(=O)N2CCNC(=O)C2(C)C)cc1N. The number of hydrogen-bond donors (Lipinski definition) is 2. The van der Waals surface area contributed by atoms with Crippen LogP contribution in [0.5, 0.6) is 5.75 Å². The zero-order valence-corrected chi connectivity index (χ0v) is 13.0. The van der Waals surface area contributed by atoms with Crippen molar-refractivity contribution >= 4 is 21.6 Å². The molecular weight excluding hydrogens is 294 g/mol. The molecule has 0 unspecified atom stereocenters. The number of piperazine rings is 1. The van der Waals surface area contributed by atoms with Crippen molar-refractivity contribution < 1.29 is 17.9 Å². The summed E-state index contributed by atoms with van der Waals surface area (Å²) in [5.74, 6) is 0.0865. The summed E-state index contributed by atoms with van der Waals surface area (Å²) >= 11 is 0. The van der Waals surface area contributed by atoms with Crippen molar-refractivity contribution in [3.05, 3.63) is 18.2 Å². The Labute approximate surface area is 124 Å². The first-order valence-corrected chi connectivity index (χ1v) is 7.90. The summed E-state index contributed by atoms with van der Waals surface area (Å²) in [5, 5.41) is 2.67. The van der Waals surface area contributed by atoms with E-state index in [1.54, 1.807) is 13.8 Å². The van der Waals surface area contributed by atoms with E-state index in [-0.39, 0.29) is 29.6 Å². The van der Waals surface area contributed by atoms with Crippen molar-refractivity contribution in [3.8, 4) is 5.75 Å². The molecule has 0 aliphatic carbocycles. The highest BCUT2D eigenvalue weighted by Crippen LogP contribution is 2.30. The lowest BCUT2D eigenvalue weighted by Gasteiger charge is -2.39.